The van der Waals surface area contributed by atoms with Crippen LogP contribution in [0.1, 0.15) is 44.8 Å². The Kier molecular flexibility index (Phi) is 9.08. The number of hydrogen-bond donors (Lipinski definition) is 1. The van der Waals surface area contributed by atoms with Crippen LogP contribution in [0.4, 0.5) is 46.5 Å². The van der Waals surface area contributed by atoms with Crippen LogP contribution in [0, 0.1) is 26.6 Å². The van der Waals surface area contributed by atoms with Gasteiger partial charge in [0.05, 0.1) is 22.5 Å². The van der Waals surface area contributed by atoms with Crippen molar-refractivity contribution < 1.29 is 44.7 Å². The van der Waals surface area contributed by atoms with Gasteiger partial charge in [-0.2, -0.15) is 31.6 Å². The first-order valence-electron chi connectivity index (χ1n) is 12.1. The summed E-state index contributed by atoms with van der Waals surface area (Å²) in [5, 5.41) is 11.2. The van der Waals surface area contributed by atoms with Gasteiger partial charge in [0.2, 0.25) is 0 Å². The lowest BCUT2D eigenvalue weighted by Gasteiger charge is -2.31. The summed E-state index contributed by atoms with van der Waals surface area (Å²) in [6.07, 6.45) is -9.98. The minimum atomic E-state index is -6.35. The number of carbonyl (C=O) groups is 2. The number of alkyl halides is 7. The molecule has 4 rings (SSSR count). The van der Waals surface area contributed by atoms with Crippen molar-refractivity contribution in [2.75, 3.05) is 16.8 Å². The minimum Gasteiger partial charge on any atom is -0.320 e. The normalized spacial score (nSPS) is 13.8. The molecule has 1 aliphatic rings. The molecule has 1 saturated carbocycles. The van der Waals surface area contributed by atoms with E-state index >= 15 is 4.39 Å². The van der Waals surface area contributed by atoms with E-state index < -0.39 is 54.8 Å². The Hall–Kier alpha value is -3.33. The average Bonchev–Trinajstić information content (AvgIpc) is 3.76. The van der Waals surface area contributed by atoms with Gasteiger partial charge in [0, 0.05) is 26.3 Å². The van der Waals surface area contributed by atoms with E-state index in [2.05, 4.69) is 26.2 Å². The van der Waals surface area contributed by atoms with Gasteiger partial charge in [-0.1, -0.05) is 6.07 Å². The molecule has 0 atom stereocenters. The lowest BCUT2D eigenvalue weighted by Crippen LogP contribution is -2.50. The van der Waals surface area contributed by atoms with Crippen LogP contribution in [-0.4, -0.2) is 35.7 Å². The van der Waals surface area contributed by atoms with Gasteiger partial charge in [0.15, 0.2) is 5.82 Å². The Labute approximate surface area is 260 Å². The standard InChI is InChI=1S/C27H16BrF8IN4O2/c28-18-8-15(25(30,26(31,32)33)27(34,35)36)9-19(37)22(18)40-23(42)17-2-1-3-20(21(17)29)41(12-13-4-5-13)24(43)14-6-7-16(10-38)39-11-14/h1-3,6-9,11,13H,4-5,12H2,(H,40,42). The maximum atomic E-state index is 15.8. The van der Waals surface area contributed by atoms with Crippen LogP contribution in [0.25, 0.3) is 0 Å². The van der Waals surface area contributed by atoms with Crippen molar-refractivity contribution >= 4 is 61.7 Å². The fourth-order valence-corrected chi connectivity index (χ4v) is 5.75. The van der Waals surface area contributed by atoms with Crippen LogP contribution in [-0.2, 0) is 5.67 Å². The topological polar surface area (TPSA) is 86.1 Å². The SMILES string of the molecule is N#Cc1ccc(C(=O)N(CC2CC2)c2cccc(C(=O)Nc3c(Br)cc(C(F)(C(F)(F)F)C(F)(F)F)cc3I)c2F)cn1. The highest BCUT2D eigenvalue weighted by molar-refractivity contribution is 14.1. The van der Waals surface area contributed by atoms with Crippen LogP contribution < -0.4 is 10.2 Å². The summed E-state index contributed by atoms with van der Waals surface area (Å²) in [6.45, 7) is 0.106. The van der Waals surface area contributed by atoms with E-state index in [0.29, 0.717) is 0 Å². The van der Waals surface area contributed by atoms with E-state index in [1.165, 1.54) is 46.9 Å². The fraction of sp³-hybridized carbons (Fsp3) is 0.259. The summed E-state index contributed by atoms with van der Waals surface area (Å²) in [5.74, 6) is -2.87. The second kappa shape index (κ2) is 12.0. The molecule has 0 bridgehead atoms. The molecule has 226 valence electrons. The Bertz CT molecular complexity index is 1580. The molecule has 0 radical (unpaired) electrons. The van der Waals surface area contributed by atoms with Crippen molar-refractivity contribution in [3.8, 4) is 6.07 Å². The minimum absolute atomic E-state index is 0.0501. The molecule has 43 heavy (non-hydrogen) atoms. The van der Waals surface area contributed by atoms with Crippen molar-refractivity contribution in [1.82, 2.24) is 4.98 Å². The van der Waals surface area contributed by atoms with E-state index in [1.54, 1.807) is 0 Å². The summed E-state index contributed by atoms with van der Waals surface area (Å²) in [5.41, 5.74) is -8.58. The van der Waals surface area contributed by atoms with Crippen LogP contribution in [0.15, 0.2) is 53.1 Å². The van der Waals surface area contributed by atoms with E-state index in [4.69, 9.17) is 5.26 Å². The number of rotatable bonds is 7. The third-order valence-corrected chi connectivity index (χ3v) is 7.96. The average molecular weight is 787 g/mol. The number of carbonyl (C=O) groups excluding carboxylic acids is 2. The van der Waals surface area contributed by atoms with E-state index in [-0.39, 0.29) is 47.2 Å². The summed E-state index contributed by atoms with van der Waals surface area (Å²) in [6, 6.07) is 8.57. The Morgan fingerprint density at radius 1 is 1.07 bits per heavy atom. The van der Waals surface area contributed by atoms with Gasteiger partial charge < -0.3 is 10.2 Å². The van der Waals surface area contributed by atoms with Crippen molar-refractivity contribution in [2.24, 2.45) is 5.92 Å². The first-order chi connectivity index (χ1) is 20.0. The quantitative estimate of drug-likeness (QED) is 0.194. The molecule has 0 unspecified atom stereocenters. The number of pyridine rings is 1. The van der Waals surface area contributed by atoms with Crippen molar-refractivity contribution in [2.45, 2.75) is 30.9 Å². The Morgan fingerprint density at radius 2 is 1.72 bits per heavy atom. The molecule has 1 fully saturated rings. The fourth-order valence-electron chi connectivity index (χ4n) is 4.06. The molecule has 3 aromatic rings. The number of nitriles is 1. The highest BCUT2D eigenvalue weighted by Crippen LogP contribution is 2.54. The number of anilines is 2. The zero-order chi connectivity index (χ0) is 31.9. The monoisotopic (exact) mass is 786 g/mol. The number of hydrogen-bond acceptors (Lipinski definition) is 4. The second-order valence-corrected chi connectivity index (χ2v) is 11.5. The first-order valence-corrected chi connectivity index (χ1v) is 14.0. The molecule has 2 aromatic carbocycles. The van der Waals surface area contributed by atoms with Gasteiger partial charge in [0.1, 0.15) is 11.8 Å². The van der Waals surface area contributed by atoms with Gasteiger partial charge in [0.25, 0.3) is 11.8 Å². The van der Waals surface area contributed by atoms with Crippen LogP contribution in [0.5, 0.6) is 0 Å². The molecule has 1 N–H and O–H groups in total. The number of aromatic nitrogens is 1. The zero-order valence-electron chi connectivity index (χ0n) is 21.3. The predicted molar refractivity (Wildman–Crippen MR) is 149 cm³/mol. The molecule has 0 spiro atoms. The van der Waals surface area contributed by atoms with E-state index in [0.717, 1.165) is 30.0 Å². The van der Waals surface area contributed by atoms with Crippen molar-refractivity contribution in [3.05, 3.63) is 84.9 Å². The van der Waals surface area contributed by atoms with Gasteiger partial charge in [-0.05, 0) is 93.7 Å². The van der Waals surface area contributed by atoms with Crippen molar-refractivity contribution in [3.63, 3.8) is 0 Å². The molecule has 2 amide bonds. The highest BCUT2D eigenvalue weighted by Gasteiger charge is 2.73. The van der Waals surface area contributed by atoms with E-state index in [9.17, 15) is 40.3 Å². The third kappa shape index (κ3) is 6.47. The van der Waals surface area contributed by atoms with E-state index in [1.807, 2.05) is 6.07 Å². The lowest BCUT2D eigenvalue weighted by molar-refractivity contribution is -0.348. The van der Waals surface area contributed by atoms with Gasteiger partial charge in [-0.15, -0.1) is 0 Å². The predicted octanol–water partition coefficient (Wildman–Crippen LogP) is 8.06. The first kappa shape index (κ1) is 32.6. The molecule has 0 saturated heterocycles. The molecular formula is C27H16BrF8IN4O2. The maximum absolute atomic E-state index is 15.8. The maximum Gasteiger partial charge on any atom is 0.435 e. The molecule has 1 aromatic heterocycles. The summed E-state index contributed by atoms with van der Waals surface area (Å²) in [4.78, 5) is 31.4. The molecule has 1 aliphatic carbocycles. The largest absolute Gasteiger partial charge is 0.435 e. The summed E-state index contributed by atoms with van der Waals surface area (Å²) >= 11 is 4.09. The van der Waals surface area contributed by atoms with Crippen LogP contribution in [0.3, 0.4) is 0 Å². The van der Waals surface area contributed by atoms with Gasteiger partial charge in [-0.3, -0.25) is 9.59 Å². The lowest BCUT2D eigenvalue weighted by atomic mass is 9.94. The molecular weight excluding hydrogens is 771 g/mol. The second-order valence-electron chi connectivity index (χ2n) is 9.46. The molecule has 1 heterocycles. The number of benzene rings is 2. The highest BCUT2D eigenvalue weighted by atomic mass is 127. The number of nitrogens with one attached hydrogen (secondary N) is 1. The Balaban J connectivity index is 1.67. The molecule has 16 heteroatoms. The zero-order valence-corrected chi connectivity index (χ0v) is 25.0. The van der Waals surface area contributed by atoms with Crippen molar-refractivity contribution in [1.29, 1.82) is 5.26 Å². The third-order valence-electron chi connectivity index (χ3n) is 6.48. The Morgan fingerprint density at radius 3 is 2.23 bits per heavy atom. The summed E-state index contributed by atoms with van der Waals surface area (Å²) in [7, 11) is 0. The summed E-state index contributed by atoms with van der Waals surface area (Å²) < 4.78 is 109. The van der Waals surface area contributed by atoms with Crippen LogP contribution in [0.2, 0.25) is 0 Å². The van der Waals surface area contributed by atoms with Crippen LogP contribution >= 0.6 is 38.5 Å². The number of halogens is 10. The number of nitrogens with zero attached hydrogens (tertiary/aromatic N) is 3. The molecule has 6 nitrogen and oxygen atoms in total. The smallest absolute Gasteiger partial charge is 0.320 e. The number of amides is 2. The van der Waals surface area contributed by atoms with Gasteiger partial charge in [-0.25, -0.2) is 13.8 Å². The molecule has 0 aliphatic heterocycles. The van der Waals surface area contributed by atoms with Gasteiger partial charge >= 0.3 is 18.0 Å².